The number of aromatic nitrogens is 1. The molecule has 3 heterocycles. The third kappa shape index (κ3) is 4.15. The smallest absolute Gasteiger partial charge is 0.227 e. The Hall–Kier alpha value is -1.33. The molecule has 1 amide bonds. The number of hydrogen-bond acceptors (Lipinski definition) is 4. The van der Waals surface area contributed by atoms with Crippen molar-refractivity contribution < 1.29 is 9.53 Å². The van der Waals surface area contributed by atoms with Crippen molar-refractivity contribution in [1.82, 2.24) is 14.8 Å². The van der Waals surface area contributed by atoms with Crippen LogP contribution in [-0.4, -0.2) is 60.0 Å². The number of ether oxygens (including phenoxy) is 1. The number of piperidine rings is 2. The zero-order valence-corrected chi connectivity index (χ0v) is 14.3. The van der Waals surface area contributed by atoms with Gasteiger partial charge in [0.15, 0.2) is 0 Å². The van der Waals surface area contributed by atoms with Crippen LogP contribution in [0.25, 0.3) is 0 Å². The van der Waals surface area contributed by atoms with Crippen LogP contribution in [0.1, 0.15) is 25.7 Å². The van der Waals surface area contributed by atoms with Crippen molar-refractivity contribution in [2.75, 3.05) is 33.2 Å². The van der Waals surface area contributed by atoms with Crippen LogP contribution in [0.5, 0.6) is 5.75 Å². The summed E-state index contributed by atoms with van der Waals surface area (Å²) < 4.78 is 6.00. The van der Waals surface area contributed by atoms with E-state index in [0.717, 1.165) is 45.3 Å². The second kappa shape index (κ2) is 7.49. The molecule has 0 aromatic carbocycles. The number of hydrogen-bond donors (Lipinski definition) is 0. The summed E-state index contributed by atoms with van der Waals surface area (Å²) in [5.74, 6) is 1.07. The van der Waals surface area contributed by atoms with Crippen LogP contribution < -0.4 is 4.74 Å². The maximum absolute atomic E-state index is 12.8. The predicted molar refractivity (Wildman–Crippen MR) is 89.7 cm³/mol. The number of pyridine rings is 1. The molecule has 2 fully saturated rings. The summed E-state index contributed by atoms with van der Waals surface area (Å²) in [4.78, 5) is 21.0. The van der Waals surface area contributed by atoms with E-state index in [1.807, 2.05) is 4.90 Å². The van der Waals surface area contributed by atoms with E-state index in [-0.39, 0.29) is 17.9 Å². The molecule has 0 saturated carbocycles. The third-order valence-electron chi connectivity index (χ3n) is 4.69. The summed E-state index contributed by atoms with van der Waals surface area (Å²) in [7, 11) is 2.09. The van der Waals surface area contributed by atoms with E-state index in [2.05, 4.69) is 16.9 Å². The Morgan fingerprint density at radius 3 is 2.91 bits per heavy atom. The molecule has 0 spiro atoms. The summed E-state index contributed by atoms with van der Waals surface area (Å²) in [6.45, 7) is 3.45. The van der Waals surface area contributed by atoms with Crippen LogP contribution in [0.4, 0.5) is 0 Å². The maximum atomic E-state index is 12.8. The Kier molecular flexibility index (Phi) is 5.38. The van der Waals surface area contributed by atoms with Crippen LogP contribution in [0.15, 0.2) is 18.5 Å². The molecule has 126 valence electrons. The molecule has 23 heavy (non-hydrogen) atoms. The minimum atomic E-state index is 0.00826. The molecule has 0 aliphatic carbocycles. The lowest BCUT2D eigenvalue weighted by Crippen LogP contribution is -2.49. The Balaban J connectivity index is 1.59. The molecular formula is C17H24ClN3O2. The molecule has 5 nitrogen and oxygen atoms in total. The first kappa shape index (κ1) is 16.5. The SMILES string of the molecule is CN1CCCC(C(=O)N2CCCC(Oc3ccncc3Cl)C2)C1. The number of nitrogens with zero attached hydrogens (tertiary/aromatic N) is 3. The fourth-order valence-electron chi connectivity index (χ4n) is 3.50. The first-order valence-corrected chi connectivity index (χ1v) is 8.75. The normalized spacial score (nSPS) is 26.1. The number of halogens is 1. The van der Waals surface area contributed by atoms with Gasteiger partial charge >= 0.3 is 0 Å². The van der Waals surface area contributed by atoms with E-state index in [4.69, 9.17) is 16.3 Å². The molecule has 6 heteroatoms. The van der Waals surface area contributed by atoms with Gasteiger partial charge in [0.1, 0.15) is 16.9 Å². The second-order valence-corrected chi connectivity index (χ2v) is 6.98. The standard InChI is InChI=1S/C17H24ClN3O2/c1-20-8-2-4-13(11-20)17(22)21-9-3-5-14(12-21)23-16-6-7-19-10-15(16)18/h6-7,10,13-14H,2-5,8-9,11-12H2,1H3. The number of carbonyl (C=O) groups is 1. The fraction of sp³-hybridized carbons (Fsp3) is 0.647. The zero-order chi connectivity index (χ0) is 16.2. The Morgan fingerprint density at radius 2 is 2.13 bits per heavy atom. The maximum Gasteiger partial charge on any atom is 0.227 e. The summed E-state index contributed by atoms with van der Waals surface area (Å²) >= 11 is 6.11. The van der Waals surface area contributed by atoms with E-state index < -0.39 is 0 Å². The van der Waals surface area contributed by atoms with E-state index in [0.29, 0.717) is 17.3 Å². The Labute approximate surface area is 142 Å². The van der Waals surface area contributed by atoms with Gasteiger partial charge in [-0.25, -0.2) is 0 Å². The highest BCUT2D eigenvalue weighted by Gasteiger charge is 2.31. The van der Waals surface area contributed by atoms with Crippen molar-refractivity contribution >= 4 is 17.5 Å². The summed E-state index contributed by atoms with van der Waals surface area (Å²) in [6, 6.07) is 1.78. The van der Waals surface area contributed by atoms with E-state index in [9.17, 15) is 4.79 Å². The molecule has 0 N–H and O–H groups in total. The average Bonchev–Trinajstić information content (AvgIpc) is 2.56. The number of amides is 1. The van der Waals surface area contributed by atoms with Gasteiger partial charge in [0.05, 0.1) is 12.5 Å². The molecule has 1 aromatic heterocycles. The molecule has 1 aromatic rings. The largest absolute Gasteiger partial charge is 0.487 e. The van der Waals surface area contributed by atoms with E-state index in [1.54, 1.807) is 18.5 Å². The van der Waals surface area contributed by atoms with Crippen molar-refractivity contribution in [3.63, 3.8) is 0 Å². The fourth-order valence-corrected chi connectivity index (χ4v) is 3.66. The van der Waals surface area contributed by atoms with Gasteiger partial charge in [-0.1, -0.05) is 11.6 Å². The molecule has 2 unspecified atom stereocenters. The van der Waals surface area contributed by atoms with E-state index in [1.165, 1.54) is 0 Å². The summed E-state index contributed by atoms with van der Waals surface area (Å²) in [5.41, 5.74) is 0. The van der Waals surface area contributed by atoms with Gasteiger partial charge in [0.25, 0.3) is 0 Å². The summed E-state index contributed by atoms with van der Waals surface area (Å²) in [6.07, 6.45) is 7.29. The molecular weight excluding hydrogens is 314 g/mol. The molecule has 3 rings (SSSR count). The predicted octanol–water partition coefficient (Wildman–Crippen LogP) is 2.45. The topological polar surface area (TPSA) is 45.7 Å². The van der Waals surface area contributed by atoms with Crippen LogP contribution in [-0.2, 0) is 4.79 Å². The quantitative estimate of drug-likeness (QED) is 0.850. The van der Waals surface area contributed by atoms with E-state index >= 15 is 0 Å². The molecule has 2 aliphatic rings. The molecule has 2 atom stereocenters. The summed E-state index contributed by atoms with van der Waals surface area (Å²) in [5, 5.41) is 0.518. The van der Waals surface area contributed by atoms with Crippen LogP contribution >= 0.6 is 11.6 Å². The minimum Gasteiger partial charge on any atom is -0.487 e. The highest BCUT2D eigenvalue weighted by Crippen LogP contribution is 2.26. The van der Waals surface area contributed by atoms with Gasteiger partial charge in [0, 0.05) is 31.5 Å². The van der Waals surface area contributed by atoms with Crippen LogP contribution in [0.2, 0.25) is 5.02 Å². The first-order chi connectivity index (χ1) is 11.1. The van der Waals surface area contributed by atoms with Crippen LogP contribution in [0.3, 0.4) is 0 Å². The van der Waals surface area contributed by atoms with Gasteiger partial charge in [-0.15, -0.1) is 0 Å². The van der Waals surface area contributed by atoms with Gasteiger partial charge in [-0.3, -0.25) is 9.78 Å². The van der Waals surface area contributed by atoms with Gasteiger partial charge in [-0.2, -0.15) is 0 Å². The van der Waals surface area contributed by atoms with Gasteiger partial charge < -0.3 is 14.5 Å². The average molecular weight is 338 g/mol. The second-order valence-electron chi connectivity index (χ2n) is 6.57. The van der Waals surface area contributed by atoms with Crippen molar-refractivity contribution in [3.8, 4) is 5.75 Å². The molecule has 0 bridgehead atoms. The van der Waals surface area contributed by atoms with Gasteiger partial charge in [-0.05, 0) is 39.3 Å². The van der Waals surface area contributed by atoms with Crippen molar-refractivity contribution in [2.45, 2.75) is 31.8 Å². The number of likely N-dealkylation sites (tertiary alicyclic amines) is 2. The zero-order valence-electron chi connectivity index (χ0n) is 13.6. The Morgan fingerprint density at radius 1 is 1.30 bits per heavy atom. The highest BCUT2D eigenvalue weighted by atomic mass is 35.5. The molecule has 2 aliphatic heterocycles. The lowest BCUT2D eigenvalue weighted by Gasteiger charge is -2.37. The highest BCUT2D eigenvalue weighted by molar-refractivity contribution is 6.31. The molecule has 0 radical (unpaired) electrons. The van der Waals surface area contributed by atoms with Gasteiger partial charge in [0.2, 0.25) is 5.91 Å². The van der Waals surface area contributed by atoms with Crippen molar-refractivity contribution in [1.29, 1.82) is 0 Å². The third-order valence-corrected chi connectivity index (χ3v) is 4.98. The Bertz CT molecular complexity index is 554. The monoisotopic (exact) mass is 337 g/mol. The first-order valence-electron chi connectivity index (χ1n) is 8.37. The van der Waals surface area contributed by atoms with Crippen molar-refractivity contribution in [2.24, 2.45) is 5.92 Å². The van der Waals surface area contributed by atoms with Crippen LogP contribution in [0, 0.1) is 5.92 Å². The number of rotatable bonds is 3. The molecule has 2 saturated heterocycles. The number of carbonyl (C=O) groups excluding carboxylic acids is 1. The lowest BCUT2D eigenvalue weighted by molar-refractivity contribution is -0.139. The minimum absolute atomic E-state index is 0.00826. The van der Waals surface area contributed by atoms with Crippen molar-refractivity contribution in [3.05, 3.63) is 23.5 Å². The lowest BCUT2D eigenvalue weighted by atomic mass is 9.95.